The third kappa shape index (κ3) is 8.86. The standard InChI is InChI=1S/C18H27NO4/c1-5-15(11-12-16(20)23-18(2,3)4)19-17(21)22-13-14-9-7-6-8-10-14/h6-10,15H,5,11-13H2,1-4H3,(H,19,21)/t15-/m1/s1. The summed E-state index contributed by atoms with van der Waals surface area (Å²) in [5, 5.41) is 2.79. The van der Waals surface area contributed by atoms with Crippen molar-refractivity contribution in [3.63, 3.8) is 0 Å². The summed E-state index contributed by atoms with van der Waals surface area (Å²) in [5.74, 6) is -0.254. The zero-order valence-electron chi connectivity index (χ0n) is 14.4. The van der Waals surface area contributed by atoms with E-state index in [9.17, 15) is 9.59 Å². The van der Waals surface area contributed by atoms with E-state index in [0.717, 1.165) is 12.0 Å². The molecule has 0 aliphatic heterocycles. The maximum atomic E-state index is 11.8. The minimum absolute atomic E-state index is 0.106. The highest BCUT2D eigenvalue weighted by atomic mass is 16.6. The van der Waals surface area contributed by atoms with Gasteiger partial charge in [-0.25, -0.2) is 4.79 Å². The minimum Gasteiger partial charge on any atom is -0.460 e. The van der Waals surface area contributed by atoms with E-state index in [2.05, 4.69) is 5.32 Å². The van der Waals surface area contributed by atoms with Crippen LogP contribution >= 0.6 is 0 Å². The van der Waals surface area contributed by atoms with E-state index < -0.39 is 11.7 Å². The van der Waals surface area contributed by atoms with Crippen LogP contribution in [0.2, 0.25) is 0 Å². The number of alkyl carbamates (subject to hydrolysis) is 1. The highest BCUT2D eigenvalue weighted by Crippen LogP contribution is 2.11. The fraction of sp³-hybridized carbons (Fsp3) is 0.556. The lowest BCUT2D eigenvalue weighted by atomic mass is 10.1. The lowest BCUT2D eigenvalue weighted by Gasteiger charge is -2.21. The van der Waals surface area contributed by atoms with E-state index in [0.29, 0.717) is 6.42 Å². The number of esters is 1. The topological polar surface area (TPSA) is 64.6 Å². The van der Waals surface area contributed by atoms with Gasteiger partial charge < -0.3 is 14.8 Å². The number of hydrogen-bond donors (Lipinski definition) is 1. The maximum Gasteiger partial charge on any atom is 0.407 e. The van der Waals surface area contributed by atoms with Gasteiger partial charge in [0.05, 0.1) is 0 Å². The van der Waals surface area contributed by atoms with E-state index in [1.807, 2.05) is 58.0 Å². The Morgan fingerprint density at radius 1 is 1.17 bits per heavy atom. The number of carbonyl (C=O) groups is 2. The molecular weight excluding hydrogens is 294 g/mol. The Kier molecular flexibility index (Phi) is 7.59. The molecule has 1 aromatic carbocycles. The molecule has 0 aromatic heterocycles. The third-order valence-corrected chi connectivity index (χ3v) is 3.14. The summed E-state index contributed by atoms with van der Waals surface area (Å²) in [7, 11) is 0. The van der Waals surface area contributed by atoms with Crippen LogP contribution in [-0.4, -0.2) is 23.7 Å². The van der Waals surface area contributed by atoms with Gasteiger partial charge in [0.15, 0.2) is 0 Å². The van der Waals surface area contributed by atoms with Crippen molar-refractivity contribution < 1.29 is 19.1 Å². The number of benzene rings is 1. The first-order valence-corrected chi connectivity index (χ1v) is 7.99. The second-order valence-electron chi connectivity index (χ2n) is 6.44. The van der Waals surface area contributed by atoms with Gasteiger partial charge in [0.25, 0.3) is 0 Å². The van der Waals surface area contributed by atoms with Gasteiger partial charge in [-0.2, -0.15) is 0 Å². The summed E-state index contributed by atoms with van der Waals surface area (Å²) in [5.41, 5.74) is 0.449. The van der Waals surface area contributed by atoms with Crippen molar-refractivity contribution in [2.75, 3.05) is 0 Å². The van der Waals surface area contributed by atoms with E-state index >= 15 is 0 Å². The first-order chi connectivity index (χ1) is 10.8. The van der Waals surface area contributed by atoms with Crippen LogP contribution in [0.4, 0.5) is 4.79 Å². The van der Waals surface area contributed by atoms with Gasteiger partial charge >= 0.3 is 12.1 Å². The number of hydrogen-bond acceptors (Lipinski definition) is 4. The first-order valence-electron chi connectivity index (χ1n) is 7.99. The Morgan fingerprint density at radius 2 is 1.83 bits per heavy atom. The molecule has 0 fully saturated rings. The average molecular weight is 321 g/mol. The maximum absolute atomic E-state index is 11.8. The van der Waals surface area contributed by atoms with Gasteiger partial charge in [-0.3, -0.25) is 4.79 Å². The second kappa shape index (κ2) is 9.18. The molecule has 0 unspecified atom stereocenters. The van der Waals surface area contributed by atoms with Gasteiger partial charge in [-0.15, -0.1) is 0 Å². The van der Waals surface area contributed by atoms with Gasteiger partial charge in [0, 0.05) is 12.5 Å². The molecule has 1 N–H and O–H groups in total. The molecule has 5 heteroatoms. The summed E-state index contributed by atoms with van der Waals surface area (Å²) >= 11 is 0. The molecule has 1 aromatic rings. The van der Waals surface area contributed by atoms with Crippen LogP contribution in [0.15, 0.2) is 30.3 Å². The number of amides is 1. The van der Waals surface area contributed by atoms with Gasteiger partial charge in [-0.1, -0.05) is 37.3 Å². The predicted molar refractivity (Wildman–Crippen MR) is 88.9 cm³/mol. The van der Waals surface area contributed by atoms with Crippen LogP contribution in [0.1, 0.15) is 52.5 Å². The summed E-state index contributed by atoms with van der Waals surface area (Å²) in [6.07, 6.45) is 1.06. The van der Waals surface area contributed by atoms with Crippen LogP contribution < -0.4 is 5.32 Å². The minimum atomic E-state index is -0.485. The first kappa shape index (κ1) is 19.0. The summed E-state index contributed by atoms with van der Waals surface area (Å²) in [6, 6.07) is 9.39. The normalized spacial score (nSPS) is 12.3. The molecule has 0 radical (unpaired) electrons. The number of carbonyl (C=O) groups excluding carboxylic acids is 2. The van der Waals surface area contributed by atoms with Crippen LogP contribution in [0.3, 0.4) is 0 Å². The summed E-state index contributed by atoms with van der Waals surface area (Å²) in [4.78, 5) is 23.5. The quantitative estimate of drug-likeness (QED) is 0.776. The van der Waals surface area contributed by atoms with Crippen LogP contribution in [0, 0.1) is 0 Å². The molecule has 1 amide bonds. The monoisotopic (exact) mass is 321 g/mol. The van der Waals surface area contributed by atoms with Crippen molar-refractivity contribution in [1.82, 2.24) is 5.32 Å². The predicted octanol–water partition coefficient (Wildman–Crippen LogP) is 3.81. The second-order valence-corrected chi connectivity index (χ2v) is 6.44. The van der Waals surface area contributed by atoms with Crippen molar-refractivity contribution in [1.29, 1.82) is 0 Å². The van der Waals surface area contributed by atoms with Crippen molar-refractivity contribution in [2.24, 2.45) is 0 Å². The van der Waals surface area contributed by atoms with Gasteiger partial charge in [-0.05, 0) is 39.2 Å². The molecule has 0 aliphatic carbocycles. The van der Waals surface area contributed by atoms with E-state index in [-0.39, 0.29) is 25.0 Å². The zero-order valence-corrected chi connectivity index (χ0v) is 14.4. The lowest BCUT2D eigenvalue weighted by Crippen LogP contribution is -2.35. The highest BCUT2D eigenvalue weighted by Gasteiger charge is 2.18. The lowest BCUT2D eigenvalue weighted by molar-refractivity contribution is -0.155. The fourth-order valence-electron chi connectivity index (χ4n) is 1.99. The molecule has 1 rings (SSSR count). The van der Waals surface area contributed by atoms with Crippen molar-refractivity contribution in [2.45, 2.75) is 65.2 Å². The Labute approximate surface area is 138 Å². The Balaban J connectivity index is 2.32. The molecule has 23 heavy (non-hydrogen) atoms. The van der Waals surface area contributed by atoms with Crippen molar-refractivity contribution in [3.8, 4) is 0 Å². The molecule has 0 saturated carbocycles. The SMILES string of the molecule is CC[C@H](CCC(=O)OC(C)(C)C)NC(=O)OCc1ccccc1. The Bertz CT molecular complexity index is 493. The molecule has 128 valence electrons. The molecule has 0 saturated heterocycles. The Hall–Kier alpha value is -2.04. The summed E-state index contributed by atoms with van der Waals surface area (Å²) in [6.45, 7) is 7.69. The Morgan fingerprint density at radius 3 is 2.39 bits per heavy atom. The average Bonchev–Trinajstić information content (AvgIpc) is 2.48. The molecule has 5 nitrogen and oxygen atoms in total. The zero-order chi connectivity index (χ0) is 17.3. The van der Waals surface area contributed by atoms with Crippen LogP contribution in [0.5, 0.6) is 0 Å². The molecule has 0 bridgehead atoms. The molecule has 0 aliphatic rings. The van der Waals surface area contributed by atoms with Gasteiger partial charge in [0.1, 0.15) is 12.2 Å². The van der Waals surface area contributed by atoms with E-state index in [1.165, 1.54) is 0 Å². The highest BCUT2D eigenvalue weighted by molar-refractivity contribution is 5.70. The smallest absolute Gasteiger partial charge is 0.407 e. The molecule has 1 atom stereocenters. The largest absolute Gasteiger partial charge is 0.460 e. The van der Waals surface area contributed by atoms with Crippen molar-refractivity contribution >= 4 is 12.1 Å². The van der Waals surface area contributed by atoms with Crippen molar-refractivity contribution in [3.05, 3.63) is 35.9 Å². The van der Waals surface area contributed by atoms with Gasteiger partial charge in [0.2, 0.25) is 0 Å². The number of rotatable bonds is 7. The molecular formula is C18H27NO4. The number of nitrogens with one attached hydrogen (secondary N) is 1. The summed E-state index contributed by atoms with van der Waals surface area (Å²) < 4.78 is 10.4. The van der Waals surface area contributed by atoms with E-state index in [4.69, 9.17) is 9.47 Å². The van der Waals surface area contributed by atoms with Crippen LogP contribution in [-0.2, 0) is 20.9 Å². The molecule has 0 spiro atoms. The molecule has 0 heterocycles. The fourth-order valence-corrected chi connectivity index (χ4v) is 1.99. The number of ether oxygens (including phenoxy) is 2. The third-order valence-electron chi connectivity index (χ3n) is 3.14. The van der Waals surface area contributed by atoms with Crippen LogP contribution in [0.25, 0.3) is 0 Å². The van der Waals surface area contributed by atoms with E-state index in [1.54, 1.807) is 0 Å².